The Kier molecular flexibility index (Phi) is 6.32. The van der Waals surface area contributed by atoms with E-state index >= 15 is 0 Å². The van der Waals surface area contributed by atoms with Crippen LogP contribution >= 0.6 is 0 Å². The van der Waals surface area contributed by atoms with Gasteiger partial charge < -0.3 is 15.1 Å². The van der Waals surface area contributed by atoms with Crippen LogP contribution in [-0.4, -0.2) is 71.4 Å². The summed E-state index contributed by atoms with van der Waals surface area (Å²) in [6.07, 6.45) is 2.78. The molecular formula is C20H28N4O3. The van der Waals surface area contributed by atoms with Crippen molar-refractivity contribution in [3.8, 4) is 0 Å². The molecule has 7 nitrogen and oxygen atoms in total. The van der Waals surface area contributed by atoms with Gasteiger partial charge in [-0.1, -0.05) is 30.3 Å². The van der Waals surface area contributed by atoms with Crippen molar-refractivity contribution < 1.29 is 14.4 Å². The molecule has 1 N–H and O–H groups in total. The molecule has 2 aliphatic rings. The lowest BCUT2D eigenvalue weighted by Gasteiger charge is -2.33. The van der Waals surface area contributed by atoms with Crippen LogP contribution in [0.2, 0.25) is 0 Å². The van der Waals surface area contributed by atoms with Crippen molar-refractivity contribution in [3.05, 3.63) is 35.9 Å². The molecule has 146 valence electrons. The number of likely N-dealkylation sites (N-methyl/N-ethyl adjacent to an activating group) is 1. The average Bonchev–Trinajstić information content (AvgIpc) is 3.08. The van der Waals surface area contributed by atoms with E-state index in [0.29, 0.717) is 32.7 Å². The third kappa shape index (κ3) is 4.99. The highest BCUT2D eigenvalue weighted by Crippen LogP contribution is 2.14. The number of hydrogen-bond donors (Lipinski definition) is 1. The fourth-order valence-corrected chi connectivity index (χ4v) is 3.60. The smallest absolute Gasteiger partial charge is 0.319 e. The lowest BCUT2D eigenvalue weighted by atomic mass is 10.0. The first-order valence-electron chi connectivity index (χ1n) is 9.71. The van der Waals surface area contributed by atoms with Crippen molar-refractivity contribution in [2.24, 2.45) is 0 Å². The van der Waals surface area contributed by atoms with Crippen molar-refractivity contribution in [3.63, 3.8) is 0 Å². The van der Waals surface area contributed by atoms with Crippen LogP contribution in [-0.2, 0) is 16.0 Å². The topological polar surface area (TPSA) is 73.0 Å². The second-order valence-electron chi connectivity index (χ2n) is 7.18. The average molecular weight is 372 g/mol. The fraction of sp³-hybridized carbons (Fsp3) is 0.550. The van der Waals surface area contributed by atoms with Gasteiger partial charge in [-0.3, -0.25) is 14.5 Å². The van der Waals surface area contributed by atoms with Crippen LogP contribution in [0.5, 0.6) is 0 Å². The van der Waals surface area contributed by atoms with Crippen LogP contribution < -0.4 is 5.32 Å². The number of likely N-dealkylation sites (tertiary alicyclic amines) is 1. The molecule has 0 bridgehead atoms. The molecule has 0 aliphatic carbocycles. The van der Waals surface area contributed by atoms with E-state index in [0.717, 1.165) is 19.3 Å². The molecule has 3 rings (SSSR count). The fourth-order valence-electron chi connectivity index (χ4n) is 3.60. The molecule has 0 radical (unpaired) electrons. The molecule has 2 heterocycles. The van der Waals surface area contributed by atoms with Crippen LogP contribution in [0.4, 0.5) is 4.79 Å². The van der Waals surface area contributed by atoms with E-state index in [4.69, 9.17) is 0 Å². The Labute approximate surface area is 160 Å². The number of piperidine rings is 1. The monoisotopic (exact) mass is 372 g/mol. The summed E-state index contributed by atoms with van der Waals surface area (Å²) in [5.74, 6) is 0.166. The van der Waals surface area contributed by atoms with Crippen molar-refractivity contribution in [1.82, 2.24) is 20.0 Å². The molecule has 2 saturated heterocycles. The van der Waals surface area contributed by atoms with Crippen molar-refractivity contribution in [2.75, 3.05) is 32.8 Å². The lowest BCUT2D eigenvalue weighted by Crippen LogP contribution is -2.50. The number of rotatable bonds is 5. The molecule has 1 aromatic rings. The Balaban J connectivity index is 1.39. The van der Waals surface area contributed by atoms with Gasteiger partial charge in [0, 0.05) is 32.1 Å². The highest BCUT2D eigenvalue weighted by atomic mass is 16.2. The van der Waals surface area contributed by atoms with Gasteiger partial charge in [-0.2, -0.15) is 0 Å². The van der Waals surface area contributed by atoms with Gasteiger partial charge in [0.25, 0.3) is 0 Å². The maximum atomic E-state index is 12.4. The molecule has 1 aromatic carbocycles. The van der Waals surface area contributed by atoms with Crippen molar-refractivity contribution >= 4 is 17.8 Å². The third-order valence-corrected chi connectivity index (χ3v) is 5.33. The van der Waals surface area contributed by atoms with E-state index in [1.54, 1.807) is 9.80 Å². The zero-order valence-corrected chi connectivity index (χ0v) is 15.9. The number of urea groups is 1. The van der Waals surface area contributed by atoms with Gasteiger partial charge in [0.2, 0.25) is 11.8 Å². The number of nitrogens with one attached hydrogen (secondary N) is 1. The summed E-state index contributed by atoms with van der Waals surface area (Å²) in [6.45, 7) is 4.36. The van der Waals surface area contributed by atoms with Gasteiger partial charge in [-0.15, -0.1) is 0 Å². The van der Waals surface area contributed by atoms with E-state index < -0.39 is 0 Å². The molecule has 4 amide bonds. The number of hydrogen-bond acceptors (Lipinski definition) is 3. The van der Waals surface area contributed by atoms with E-state index in [-0.39, 0.29) is 30.4 Å². The number of amides is 4. The standard InChI is InChI=1S/C20H28N4O3/c1-2-22-15-24(14-19(22)26)20(27)21-17-10-12-23(13-11-17)18(25)9-8-16-6-4-3-5-7-16/h3-7,17H,2,8-15H2,1H3,(H,21,27). The Hall–Kier alpha value is -2.57. The summed E-state index contributed by atoms with van der Waals surface area (Å²) in [5.41, 5.74) is 1.18. The number of carbonyl (C=O) groups is 3. The molecule has 0 spiro atoms. The second-order valence-corrected chi connectivity index (χ2v) is 7.18. The minimum Gasteiger partial charge on any atom is -0.343 e. The quantitative estimate of drug-likeness (QED) is 0.850. The predicted octanol–water partition coefficient (Wildman–Crippen LogP) is 1.44. The predicted molar refractivity (Wildman–Crippen MR) is 102 cm³/mol. The molecule has 0 unspecified atom stereocenters. The molecule has 7 heteroatoms. The molecule has 0 atom stereocenters. The van der Waals surface area contributed by atoms with Gasteiger partial charge in [0.05, 0.1) is 6.67 Å². The van der Waals surface area contributed by atoms with Crippen LogP contribution in [0, 0.1) is 0 Å². The van der Waals surface area contributed by atoms with E-state index in [2.05, 4.69) is 5.32 Å². The van der Waals surface area contributed by atoms with Crippen LogP contribution in [0.3, 0.4) is 0 Å². The van der Waals surface area contributed by atoms with Crippen LogP contribution in [0.15, 0.2) is 30.3 Å². The van der Waals surface area contributed by atoms with E-state index in [1.807, 2.05) is 42.2 Å². The molecular weight excluding hydrogens is 344 g/mol. The molecule has 0 saturated carbocycles. The zero-order chi connectivity index (χ0) is 19.2. The minimum absolute atomic E-state index is 0.00789. The minimum atomic E-state index is -0.187. The summed E-state index contributed by atoms with van der Waals surface area (Å²) in [4.78, 5) is 41.6. The van der Waals surface area contributed by atoms with Gasteiger partial charge in [-0.05, 0) is 31.7 Å². The Morgan fingerprint density at radius 3 is 2.44 bits per heavy atom. The number of nitrogens with zero attached hydrogens (tertiary/aromatic N) is 3. The lowest BCUT2D eigenvalue weighted by molar-refractivity contribution is -0.132. The zero-order valence-electron chi connectivity index (χ0n) is 15.9. The van der Waals surface area contributed by atoms with Crippen molar-refractivity contribution in [2.45, 2.75) is 38.6 Å². The molecule has 2 aliphatic heterocycles. The van der Waals surface area contributed by atoms with Crippen molar-refractivity contribution in [1.29, 1.82) is 0 Å². The normalized spacial score (nSPS) is 18.1. The van der Waals surface area contributed by atoms with Gasteiger partial charge in [-0.25, -0.2) is 4.79 Å². The first-order valence-corrected chi connectivity index (χ1v) is 9.71. The Morgan fingerprint density at radius 1 is 1.11 bits per heavy atom. The van der Waals surface area contributed by atoms with Gasteiger partial charge >= 0.3 is 6.03 Å². The maximum Gasteiger partial charge on any atom is 0.319 e. The SMILES string of the molecule is CCN1CN(C(=O)NC2CCN(C(=O)CCc3ccccc3)CC2)CC1=O. The number of benzene rings is 1. The number of aryl methyl sites for hydroxylation is 1. The summed E-state index contributed by atoms with van der Waals surface area (Å²) in [6, 6.07) is 9.90. The van der Waals surface area contributed by atoms with Crippen LogP contribution in [0.1, 0.15) is 31.7 Å². The second kappa shape index (κ2) is 8.88. The summed E-state index contributed by atoms with van der Waals surface area (Å²) < 4.78 is 0. The summed E-state index contributed by atoms with van der Waals surface area (Å²) in [7, 11) is 0. The summed E-state index contributed by atoms with van der Waals surface area (Å²) >= 11 is 0. The summed E-state index contributed by atoms with van der Waals surface area (Å²) in [5, 5.41) is 3.01. The first-order chi connectivity index (χ1) is 13.1. The van der Waals surface area contributed by atoms with E-state index in [1.165, 1.54) is 5.56 Å². The van der Waals surface area contributed by atoms with Crippen LogP contribution in [0.25, 0.3) is 0 Å². The van der Waals surface area contributed by atoms with Gasteiger partial charge in [0.15, 0.2) is 0 Å². The third-order valence-electron chi connectivity index (χ3n) is 5.33. The van der Waals surface area contributed by atoms with E-state index in [9.17, 15) is 14.4 Å². The molecule has 27 heavy (non-hydrogen) atoms. The highest BCUT2D eigenvalue weighted by molar-refractivity contribution is 5.87. The Morgan fingerprint density at radius 2 is 1.81 bits per heavy atom. The first kappa shape index (κ1) is 19.2. The van der Waals surface area contributed by atoms with Gasteiger partial charge in [0.1, 0.15) is 6.54 Å². The Bertz CT molecular complexity index is 671. The number of carbonyl (C=O) groups excluding carboxylic acids is 3. The molecule has 2 fully saturated rings. The largest absolute Gasteiger partial charge is 0.343 e. The molecule has 0 aromatic heterocycles. The highest BCUT2D eigenvalue weighted by Gasteiger charge is 2.31. The maximum absolute atomic E-state index is 12.4.